The molecule has 1 saturated heterocycles. The minimum Gasteiger partial charge on any atom is -0.333 e. The Balaban J connectivity index is 1.42. The number of likely N-dealkylation sites (tertiary alicyclic amines) is 1. The Morgan fingerprint density at radius 1 is 1.15 bits per heavy atom. The molecule has 1 aliphatic heterocycles. The van der Waals surface area contributed by atoms with Gasteiger partial charge in [0.25, 0.3) is 5.91 Å². The molecule has 8 heteroatoms. The van der Waals surface area contributed by atoms with Gasteiger partial charge in [-0.2, -0.15) is 0 Å². The van der Waals surface area contributed by atoms with Gasteiger partial charge < -0.3 is 5.32 Å². The Morgan fingerprint density at radius 2 is 1.96 bits per heavy atom. The van der Waals surface area contributed by atoms with E-state index in [1.807, 2.05) is 18.2 Å². The summed E-state index contributed by atoms with van der Waals surface area (Å²) in [5.41, 5.74) is 6.12. The number of halogens is 1. The summed E-state index contributed by atoms with van der Waals surface area (Å²) in [5, 5.41) is 2.93. The van der Waals surface area contributed by atoms with Gasteiger partial charge in [0.15, 0.2) is 0 Å². The van der Waals surface area contributed by atoms with Crippen LogP contribution in [0.25, 0.3) is 0 Å². The number of rotatable bonds is 4. The van der Waals surface area contributed by atoms with E-state index in [-0.39, 0.29) is 18.0 Å². The van der Waals surface area contributed by atoms with Gasteiger partial charge in [0.2, 0.25) is 0 Å². The third-order valence-corrected chi connectivity index (χ3v) is 5.80. The van der Waals surface area contributed by atoms with Gasteiger partial charge in [-0.25, -0.2) is 10.2 Å². The summed E-state index contributed by atoms with van der Waals surface area (Å²) < 4.78 is 0.868. The Bertz CT molecular complexity index is 753. The summed E-state index contributed by atoms with van der Waals surface area (Å²) in [5.74, 6) is -0.329. The van der Waals surface area contributed by atoms with Crippen molar-refractivity contribution in [2.45, 2.75) is 25.4 Å². The van der Waals surface area contributed by atoms with Gasteiger partial charge in [-0.1, -0.05) is 30.3 Å². The molecular weight excluding hydrogens is 416 g/mol. The molecule has 26 heavy (non-hydrogen) atoms. The summed E-state index contributed by atoms with van der Waals surface area (Å²) in [6.07, 6.45) is 1.97. The summed E-state index contributed by atoms with van der Waals surface area (Å²) in [7, 11) is 0. The highest BCUT2D eigenvalue weighted by Crippen LogP contribution is 2.21. The third kappa shape index (κ3) is 5.55. The second-order valence-electron chi connectivity index (χ2n) is 6.22. The minimum atomic E-state index is -0.388. The molecule has 0 radical (unpaired) electrons. The predicted octanol–water partition coefficient (Wildman–Crippen LogP) is 3.12. The minimum absolute atomic E-state index is 0.0697. The Labute approximate surface area is 165 Å². The number of piperidine rings is 1. The number of thiophene rings is 1. The van der Waals surface area contributed by atoms with Crippen molar-refractivity contribution in [2.75, 3.05) is 13.1 Å². The highest BCUT2D eigenvalue weighted by atomic mass is 79.9. The van der Waals surface area contributed by atoms with Gasteiger partial charge >= 0.3 is 6.03 Å². The van der Waals surface area contributed by atoms with Crippen LogP contribution in [0.5, 0.6) is 0 Å². The summed E-state index contributed by atoms with van der Waals surface area (Å²) in [6.45, 7) is 2.71. The van der Waals surface area contributed by atoms with E-state index in [1.165, 1.54) is 16.9 Å². The lowest BCUT2D eigenvalue weighted by molar-refractivity contribution is 0.0939. The third-order valence-electron chi connectivity index (χ3n) is 4.18. The highest BCUT2D eigenvalue weighted by Gasteiger charge is 2.21. The molecule has 0 aliphatic carbocycles. The van der Waals surface area contributed by atoms with Crippen LogP contribution in [0.2, 0.25) is 0 Å². The normalized spacial score (nSPS) is 17.5. The first-order chi connectivity index (χ1) is 12.6. The molecule has 3 amide bonds. The molecule has 3 N–H and O–H groups in total. The van der Waals surface area contributed by atoms with Gasteiger partial charge in [0.1, 0.15) is 0 Å². The van der Waals surface area contributed by atoms with Crippen LogP contribution in [0.1, 0.15) is 28.1 Å². The lowest BCUT2D eigenvalue weighted by Crippen LogP contribution is -2.53. The number of nitrogens with zero attached hydrogens (tertiary/aromatic N) is 1. The number of hydrogen-bond donors (Lipinski definition) is 3. The van der Waals surface area contributed by atoms with Crippen LogP contribution in [0.3, 0.4) is 0 Å². The Kier molecular flexibility index (Phi) is 6.65. The predicted molar refractivity (Wildman–Crippen MR) is 106 cm³/mol. The highest BCUT2D eigenvalue weighted by molar-refractivity contribution is 9.11. The van der Waals surface area contributed by atoms with Gasteiger partial charge in [-0.05, 0) is 53.0 Å². The number of nitrogens with one attached hydrogen (secondary N) is 3. The molecule has 138 valence electrons. The summed E-state index contributed by atoms with van der Waals surface area (Å²) in [6, 6.07) is 13.5. The van der Waals surface area contributed by atoms with Crippen LogP contribution in [0, 0.1) is 0 Å². The van der Waals surface area contributed by atoms with Gasteiger partial charge in [-0.3, -0.25) is 15.1 Å². The van der Waals surface area contributed by atoms with Crippen molar-refractivity contribution in [2.24, 2.45) is 0 Å². The maximum absolute atomic E-state index is 12.1. The van der Waals surface area contributed by atoms with Crippen molar-refractivity contribution in [3.8, 4) is 0 Å². The molecular formula is C18H21BrN4O2S. The van der Waals surface area contributed by atoms with E-state index in [9.17, 15) is 9.59 Å². The van der Waals surface area contributed by atoms with Gasteiger partial charge in [0, 0.05) is 19.1 Å². The maximum atomic E-state index is 12.1. The molecule has 3 rings (SSSR count). The first-order valence-electron chi connectivity index (χ1n) is 8.48. The molecule has 1 aromatic heterocycles. The zero-order valence-electron chi connectivity index (χ0n) is 14.2. The number of benzene rings is 1. The molecule has 2 aromatic rings. The van der Waals surface area contributed by atoms with E-state index in [0.717, 1.165) is 36.3 Å². The van der Waals surface area contributed by atoms with Crippen LogP contribution >= 0.6 is 27.3 Å². The number of amides is 3. The van der Waals surface area contributed by atoms with Crippen LogP contribution in [-0.4, -0.2) is 36.0 Å². The van der Waals surface area contributed by atoms with Crippen molar-refractivity contribution >= 4 is 39.2 Å². The van der Waals surface area contributed by atoms with E-state index >= 15 is 0 Å². The monoisotopic (exact) mass is 436 g/mol. The number of carbonyl (C=O) groups excluding carboxylic acids is 2. The number of hydrogen-bond acceptors (Lipinski definition) is 4. The maximum Gasteiger partial charge on any atom is 0.333 e. The first-order valence-corrected chi connectivity index (χ1v) is 10.1. The second kappa shape index (κ2) is 9.16. The molecule has 0 bridgehead atoms. The Hall–Kier alpha value is -1.90. The molecule has 1 aliphatic rings. The topological polar surface area (TPSA) is 73.5 Å². The van der Waals surface area contributed by atoms with Crippen molar-refractivity contribution in [3.63, 3.8) is 0 Å². The van der Waals surface area contributed by atoms with Crippen molar-refractivity contribution in [1.29, 1.82) is 0 Å². The average Bonchev–Trinajstić information content (AvgIpc) is 3.07. The van der Waals surface area contributed by atoms with Crippen LogP contribution < -0.4 is 16.2 Å². The first kappa shape index (κ1) is 18.9. The van der Waals surface area contributed by atoms with E-state index in [2.05, 4.69) is 49.1 Å². The molecule has 1 unspecified atom stereocenters. The van der Waals surface area contributed by atoms with E-state index in [0.29, 0.717) is 4.88 Å². The van der Waals surface area contributed by atoms with Crippen LogP contribution in [0.15, 0.2) is 46.3 Å². The van der Waals surface area contributed by atoms with Crippen LogP contribution in [0.4, 0.5) is 4.79 Å². The zero-order chi connectivity index (χ0) is 18.4. The molecule has 0 spiro atoms. The second-order valence-corrected chi connectivity index (χ2v) is 8.68. The number of hydrazine groups is 1. The zero-order valence-corrected chi connectivity index (χ0v) is 16.6. The SMILES string of the molecule is O=C(NNC(=O)c1ccc(Br)s1)NC1CCCN(Cc2ccccc2)C1. The fourth-order valence-electron chi connectivity index (χ4n) is 2.99. The fraction of sp³-hybridized carbons (Fsp3) is 0.333. The molecule has 1 atom stereocenters. The average molecular weight is 437 g/mol. The molecule has 1 aromatic carbocycles. The molecule has 2 heterocycles. The largest absolute Gasteiger partial charge is 0.333 e. The lowest BCUT2D eigenvalue weighted by atomic mass is 10.0. The van der Waals surface area contributed by atoms with Gasteiger partial charge in [0.05, 0.1) is 8.66 Å². The van der Waals surface area contributed by atoms with Crippen molar-refractivity contribution in [3.05, 3.63) is 56.7 Å². The smallest absolute Gasteiger partial charge is 0.333 e. The standard InChI is InChI=1S/C18H21BrN4O2S/c19-16-9-8-15(26-16)17(24)21-22-18(25)20-14-7-4-10-23(12-14)11-13-5-2-1-3-6-13/h1-3,5-6,8-9,14H,4,7,10-12H2,(H,21,24)(H2,20,22,25). The number of urea groups is 1. The Morgan fingerprint density at radius 3 is 2.69 bits per heavy atom. The van der Waals surface area contributed by atoms with Crippen LogP contribution in [-0.2, 0) is 6.54 Å². The lowest BCUT2D eigenvalue weighted by Gasteiger charge is -2.33. The van der Waals surface area contributed by atoms with Crippen molar-refractivity contribution in [1.82, 2.24) is 21.1 Å². The van der Waals surface area contributed by atoms with E-state index in [1.54, 1.807) is 12.1 Å². The van der Waals surface area contributed by atoms with Gasteiger partial charge in [-0.15, -0.1) is 11.3 Å². The molecule has 6 nitrogen and oxygen atoms in total. The van der Waals surface area contributed by atoms with E-state index in [4.69, 9.17) is 0 Å². The summed E-state index contributed by atoms with van der Waals surface area (Å²) in [4.78, 5) is 26.9. The molecule has 1 fully saturated rings. The van der Waals surface area contributed by atoms with Crippen molar-refractivity contribution < 1.29 is 9.59 Å². The van der Waals surface area contributed by atoms with E-state index < -0.39 is 0 Å². The quantitative estimate of drug-likeness (QED) is 0.644. The summed E-state index contributed by atoms with van der Waals surface area (Å²) >= 11 is 4.62. The number of carbonyl (C=O) groups is 2. The molecule has 0 saturated carbocycles. The fourth-order valence-corrected chi connectivity index (χ4v) is 4.27.